The predicted molar refractivity (Wildman–Crippen MR) is 74.5 cm³/mol. The highest BCUT2D eigenvalue weighted by molar-refractivity contribution is 6.33. The molecule has 0 atom stereocenters. The first kappa shape index (κ1) is 12.4. The van der Waals surface area contributed by atoms with E-state index < -0.39 is 4.92 Å². The Labute approximate surface area is 117 Å². The van der Waals surface area contributed by atoms with Crippen LogP contribution in [-0.4, -0.2) is 19.5 Å². The van der Waals surface area contributed by atoms with Crippen LogP contribution in [0.25, 0.3) is 17.0 Å². The van der Waals surface area contributed by atoms with E-state index in [1.54, 1.807) is 24.4 Å². The molecule has 0 spiro atoms. The maximum absolute atomic E-state index is 10.6. The lowest BCUT2D eigenvalue weighted by Gasteiger charge is -1.96. The van der Waals surface area contributed by atoms with Crippen LogP contribution in [-0.2, 0) is 0 Å². The van der Waals surface area contributed by atoms with Gasteiger partial charge in [-0.15, -0.1) is 5.10 Å². The number of halogens is 1. The number of rotatable bonds is 2. The molecule has 20 heavy (non-hydrogen) atoms. The van der Waals surface area contributed by atoms with Gasteiger partial charge >= 0.3 is 0 Å². The van der Waals surface area contributed by atoms with Gasteiger partial charge in [-0.1, -0.05) is 11.6 Å². The Balaban J connectivity index is 2.07. The molecule has 2 aromatic heterocycles. The molecule has 7 nitrogen and oxygen atoms in total. The minimum Gasteiger partial charge on any atom is -0.396 e. The van der Waals surface area contributed by atoms with Crippen molar-refractivity contribution in [1.29, 1.82) is 0 Å². The van der Waals surface area contributed by atoms with Crippen molar-refractivity contribution in [1.82, 2.24) is 14.6 Å². The zero-order valence-electron chi connectivity index (χ0n) is 10.0. The quantitative estimate of drug-likeness (QED) is 0.577. The maximum Gasteiger partial charge on any atom is 0.269 e. The van der Waals surface area contributed by atoms with Crippen LogP contribution in [0.15, 0.2) is 36.5 Å². The first-order valence-corrected chi connectivity index (χ1v) is 5.98. The number of non-ortho nitro benzene ring substituents is 1. The van der Waals surface area contributed by atoms with Crippen LogP contribution in [0.5, 0.6) is 0 Å². The molecule has 3 aromatic rings. The van der Waals surface area contributed by atoms with Crippen molar-refractivity contribution in [2.75, 3.05) is 5.73 Å². The van der Waals surface area contributed by atoms with Gasteiger partial charge in [0.15, 0.2) is 11.5 Å². The number of nitrogens with zero attached hydrogens (tertiary/aromatic N) is 4. The number of nitrogens with two attached hydrogens (primary N) is 1. The number of pyridine rings is 1. The summed E-state index contributed by atoms with van der Waals surface area (Å²) in [5.74, 6) is 0.446. The number of hydrogen-bond donors (Lipinski definition) is 1. The van der Waals surface area contributed by atoms with Gasteiger partial charge in [0.1, 0.15) is 0 Å². The largest absolute Gasteiger partial charge is 0.396 e. The van der Waals surface area contributed by atoms with Gasteiger partial charge in [0.25, 0.3) is 5.69 Å². The van der Waals surface area contributed by atoms with E-state index in [1.165, 1.54) is 16.6 Å². The average molecular weight is 290 g/mol. The molecule has 0 radical (unpaired) electrons. The molecular formula is C12H8ClN5O2. The van der Waals surface area contributed by atoms with Crippen molar-refractivity contribution < 1.29 is 4.92 Å². The van der Waals surface area contributed by atoms with Crippen LogP contribution in [0.3, 0.4) is 0 Å². The Hall–Kier alpha value is -2.67. The monoisotopic (exact) mass is 289 g/mol. The van der Waals surface area contributed by atoms with E-state index in [1.807, 2.05) is 0 Å². The number of fused-ring (bicyclic) bond motifs is 1. The van der Waals surface area contributed by atoms with Crippen molar-refractivity contribution in [3.05, 3.63) is 51.7 Å². The van der Waals surface area contributed by atoms with Crippen molar-refractivity contribution in [2.45, 2.75) is 0 Å². The zero-order valence-corrected chi connectivity index (χ0v) is 10.8. The van der Waals surface area contributed by atoms with E-state index in [4.69, 9.17) is 17.3 Å². The number of hydrogen-bond acceptors (Lipinski definition) is 5. The number of nitro benzene ring substituents is 1. The van der Waals surface area contributed by atoms with Gasteiger partial charge in [-0.25, -0.2) is 9.50 Å². The summed E-state index contributed by atoms with van der Waals surface area (Å²) < 4.78 is 1.51. The molecule has 8 heteroatoms. The highest BCUT2D eigenvalue weighted by atomic mass is 35.5. The number of nitro groups is 1. The Morgan fingerprint density at radius 2 is 2.00 bits per heavy atom. The zero-order chi connectivity index (χ0) is 14.3. The van der Waals surface area contributed by atoms with Gasteiger partial charge in [-0.2, -0.15) is 0 Å². The Kier molecular flexibility index (Phi) is 2.76. The molecule has 0 saturated heterocycles. The summed E-state index contributed by atoms with van der Waals surface area (Å²) in [6, 6.07) is 7.61. The van der Waals surface area contributed by atoms with Crippen LogP contribution >= 0.6 is 11.6 Å². The summed E-state index contributed by atoms with van der Waals surface area (Å²) in [6.45, 7) is 0. The minimum absolute atomic E-state index is 0.0183. The van der Waals surface area contributed by atoms with E-state index in [2.05, 4.69) is 10.1 Å². The van der Waals surface area contributed by atoms with Crippen LogP contribution in [0.1, 0.15) is 0 Å². The van der Waals surface area contributed by atoms with Gasteiger partial charge in [-0.05, 0) is 12.1 Å². The number of benzene rings is 1. The fraction of sp³-hybridized carbons (Fsp3) is 0. The SMILES string of the molecule is Nc1cn2nc(-c3ccc([N+](=O)[O-])cc3)nc2cc1Cl. The van der Waals surface area contributed by atoms with Crippen molar-refractivity contribution >= 4 is 28.6 Å². The first-order chi connectivity index (χ1) is 9.54. The summed E-state index contributed by atoms with van der Waals surface area (Å²) in [6.07, 6.45) is 1.57. The smallest absolute Gasteiger partial charge is 0.269 e. The molecule has 0 aliphatic rings. The van der Waals surface area contributed by atoms with E-state index in [-0.39, 0.29) is 5.69 Å². The molecular weight excluding hydrogens is 282 g/mol. The number of aromatic nitrogens is 3. The average Bonchev–Trinajstić information content (AvgIpc) is 2.82. The second-order valence-electron chi connectivity index (χ2n) is 4.12. The van der Waals surface area contributed by atoms with Crippen LogP contribution < -0.4 is 5.73 Å². The molecule has 0 unspecified atom stereocenters. The molecule has 1 aromatic carbocycles. The summed E-state index contributed by atoms with van der Waals surface area (Å²) in [5.41, 5.74) is 7.34. The number of nitrogen functional groups attached to an aromatic ring is 1. The second kappa shape index (κ2) is 4.46. The summed E-state index contributed by atoms with van der Waals surface area (Å²) in [4.78, 5) is 14.5. The highest BCUT2D eigenvalue weighted by Gasteiger charge is 2.10. The van der Waals surface area contributed by atoms with Gasteiger partial charge < -0.3 is 5.73 Å². The Morgan fingerprint density at radius 3 is 2.65 bits per heavy atom. The lowest BCUT2D eigenvalue weighted by Crippen LogP contribution is -1.93. The molecule has 3 rings (SSSR count). The molecule has 100 valence electrons. The van der Waals surface area contributed by atoms with E-state index in [0.717, 1.165) is 0 Å². The molecule has 2 heterocycles. The van der Waals surface area contributed by atoms with Crippen molar-refractivity contribution in [3.8, 4) is 11.4 Å². The summed E-state index contributed by atoms with van der Waals surface area (Å²) in [7, 11) is 0. The Bertz CT molecular complexity index is 774. The molecule has 0 fully saturated rings. The normalized spacial score (nSPS) is 10.8. The summed E-state index contributed by atoms with van der Waals surface area (Å²) >= 11 is 5.92. The van der Waals surface area contributed by atoms with E-state index in [0.29, 0.717) is 27.7 Å². The minimum atomic E-state index is -0.457. The van der Waals surface area contributed by atoms with Gasteiger partial charge in [0.2, 0.25) is 0 Å². The van der Waals surface area contributed by atoms with Crippen LogP contribution in [0.2, 0.25) is 5.02 Å². The lowest BCUT2D eigenvalue weighted by molar-refractivity contribution is -0.384. The van der Waals surface area contributed by atoms with E-state index >= 15 is 0 Å². The standard InChI is InChI=1S/C12H8ClN5O2/c13-9-5-11-15-12(16-17(11)6-10(9)14)7-1-3-8(4-2-7)18(19)20/h1-6H,14H2. The third-order valence-corrected chi connectivity index (χ3v) is 3.11. The molecule has 0 bridgehead atoms. The van der Waals surface area contributed by atoms with Crippen LogP contribution in [0, 0.1) is 10.1 Å². The van der Waals surface area contributed by atoms with Gasteiger partial charge in [0, 0.05) is 23.8 Å². The molecule has 0 aliphatic carbocycles. The first-order valence-electron chi connectivity index (χ1n) is 5.61. The van der Waals surface area contributed by atoms with Crippen LogP contribution in [0.4, 0.5) is 11.4 Å². The summed E-state index contributed by atoms with van der Waals surface area (Å²) in [5, 5.41) is 15.3. The fourth-order valence-corrected chi connectivity index (χ4v) is 1.92. The van der Waals surface area contributed by atoms with E-state index in [9.17, 15) is 10.1 Å². The third kappa shape index (κ3) is 2.04. The molecule has 0 aliphatic heterocycles. The highest BCUT2D eigenvalue weighted by Crippen LogP contribution is 2.23. The topological polar surface area (TPSA) is 99.3 Å². The molecule has 0 amide bonds. The van der Waals surface area contributed by atoms with Gasteiger partial charge in [-0.3, -0.25) is 10.1 Å². The van der Waals surface area contributed by atoms with Crippen molar-refractivity contribution in [3.63, 3.8) is 0 Å². The number of anilines is 1. The lowest BCUT2D eigenvalue weighted by atomic mass is 10.2. The maximum atomic E-state index is 10.6. The predicted octanol–water partition coefficient (Wildman–Crippen LogP) is 2.54. The van der Waals surface area contributed by atoms with Crippen molar-refractivity contribution in [2.24, 2.45) is 0 Å². The Morgan fingerprint density at radius 1 is 1.30 bits per heavy atom. The second-order valence-corrected chi connectivity index (χ2v) is 4.53. The molecule has 2 N–H and O–H groups in total. The van der Waals surface area contributed by atoms with Gasteiger partial charge in [0.05, 0.1) is 21.8 Å². The third-order valence-electron chi connectivity index (χ3n) is 2.79. The fourth-order valence-electron chi connectivity index (χ4n) is 1.77. The molecule has 0 saturated carbocycles.